The average Bonchev–Trinajstić information content (AvgIpc) is 2.74. The zero-order valence-electron chi connectivity index (χ0n) is 17.3. The monoisotopic (exact) mass is 388 g/mol. The third kappa shape index (κ3) is 4.59. The van der Waals surface area contributed by atoms with Gasteiger partial charge in [-0.1, -0.05) is 12.1 Å². The normalized spacial score (nSPS) is 14.0. The maximum Gasteiger partial charge on any atom is 0.135 e. The van der Waals surface area contributed by atoms with Gasteiger partial charge >= 0.3 is 0 Å². The van der Waals surface area contributed by atoms with E-state index in [1.807, 2.05) is 20.2 Å². The third-order valence-electron chi connectivity index (χ3n) is 5.28. The number of piperazine rings is 1. The number of hydrogen-bond acceptors (Lipinski definition) is 6. The third-order valence-corrected chi connectivity index (χ3v) is 5.28. The molecule has 6 nitrogen and oxygen atoms in total. The van der Waals surface area contributed by atoms with Gasteiger partial charge in [0.2, 0.25) is 0 Å². The molecule has 2 heterocycles. The summed E-state index contributed by atoms with van der Waals surface area (Å²) >= 11 is 0. The lowest BCUT2D eigenvalue weighted by molar-refractivity contribution is 0.647. The van der Waals surface area contributed by atoms with Gasteiger partial charge in [0.05, 0.1) is 0 Å². The van der Waals surface area contributed by atoms with E-state index in [4.69, 9.17) is 0 Å². The van der Waals surface area contributed by atoms with Crippen LogP contribution in [-0.4, -0.2) is 50.2 Å². The Bertz CT molecular complexity index is 946. The molecular weight excluding hydrogens is 360 g/mol. The summed E-state index contributed by atoms with van der Waals surface area (Å²) in [4.78, 5) is 15.7. The molecule has 6 heteroatoms. The van der Waals surface area contributed by atoms with Crippen LogP contribution in [0.5, 0.6) is 0 Å². The summed E-state index contributed by atoms with van der Waals surface area (Å²) < 4.78 is 0. The van der Waals surface area contributed by atoms with Crippen LogP contribution in [0, 0.1) is 6.92 Å². The van der Waals surface area contributed by atoms with E-state index in [9.17, 15) is 0 Å². The van der Waals surface area contributed by atoms with Crippen LogP contribution in [0.4, 0.5) is 28.7 Å². The molecule has 0 bridgehead atoms. The lowest BCUT2D eigenvalue weighted by Gasteiger charge is -2.36. The predicted molar refractivity (Wildman–Crippen MR) is 122 cm³/mol. The fourth-order valence-electron chi connectivity index (χ4n) is 3.60. The molecule has 1 saturated heterocycles. The van der Waals surface area contributed by atoms with Crippen LogP contribution in [0.15, 0.2) is 60.9 Å². The van der Waals surface area contributed by atoms with Crippen molar-refractivity contribution in [3.63, 3.8) is 0 Å². The van der Waals surface area contributed by atoms with E-state index in [1.165, 1.54) is 16.9 Å². The first-order chi connectivity index (χ1) is 14.1. The average molecular weight is 389 g/mol. The Labute approximate surface area is 172 Å². The van der Waals surface area contributed by atoms with Crippen molar-refractivity contribution >= 4 is 28.7 Å². The number of nitrogens with zero attached hydrogens (tertiary/aromatic N) is 5. The molecule has 0 radical (unpaired) electrons. The van der Waals surface area contributed by atoms with E-state index in [1.54, 1.807) is 6.33 Å². The van der Waals surface area contributed by atoms with Gasteiger partial charge in [-0.25, -0.2) is 9.97 Å². The fraction of sp³-hybridized carbons (Fsp3) is 0.304. The molecule has 0 unspecified atom stereocenters. The van der Waals surface area contributed by atoms with Gasteiger partial charge in [0, 0.05) is 63.4 Å². The van der Waals surface area contributed by atoms with E-state index in [0.29, 0.717) is 0 Å². The minimum absolute atomic E-state index is 0.814. The van der Waals surface area contributed by atoms with Gasteiger partial charge in [-0.05, 0) is 48.9 Å². The number of aryl methyl sites for hydroxylation is 1. The zero-order chi connectivity index (χ0) is 20.2. The van der Waals surface area contributed by atoms with Crippen molar-refractivity contribution < 1.29 is 0 Å². The van der Waals surface area contributed by atoms with Crippen LogP contribution in [-0.2, 0) is 0 Å². The second-order valence-corrected chi connectivity index (χ2v) is 7.64. The lowest BCUT2D eigenvalue weighted by atomic mass is 10.2. The molecule has 150 valence electrons. The largest absolute Gasteiger partial charge is 0.378 e. The lowest BCUT2D eigenvalue weighted by Crippen LogP contribution is -2.46. The molecule has 1 aromatic heterocycles. The standard InChI is InChI=1S/C23H28N6/c1-18-5-4-6-21(15-18)28-11-13-29(14-12-28)23-16-22(24-17-25-23)26-19-7-9-20(10-8-19)27(2)3/h4-10,15-17H,11-14H2,1-3H3,(H,24,25,26). The molecule has 0 saturated carbocycles. The molecule has 2 aromatic carbocycles. The molecule has 3 aromatic rings. The maximum absolute atomic E-state index is 4.50. The Balaban J connectivity index is 1.40. The van der Waals surface area contributed by atoms with Crippen LogP contribution in [0.2, 0.25) is 0 Å². The molecule has 4 rings (SSSR count). The summed E-state index contributed by atoms with van der Waals surface area (Å²) in [5.41, 5.74) is 4.79. The number of nitrogens with one attached hydrogen (secondary N) is 1. The molecule has 0 aliphatic carbocycles. The van der Waals surface area contributed by atoms with Gasteiger partial charge in [0.25, 0.3) is 0 Å². The molecule has 1 fully saturated rings. The molecule has 1 aliphatic rings. The second-order valence-electron chi connectivity index (χ2n) is 7.64. The fourth-order valence-corrected chi connectivity index (χ4v) is 3.60. The summed E-state index contributed by atoms with van der Waals surface area (Å²) in [6.07, 6.45) is 1.64. The highest BCUT2D eigenvalue weighted by atomic mass is 15.3. The van der Waals surface area contributed by atoms with Crippen LogP contribution >= 0.6 is 0 Å². The molecule has 29 heavy (non-hydrogen) atoms. The highest BCUT2D eigenvalue weighted by Crippen LogP contribution is 2.23. The Kier molecular flexibility index (Phi) is 5.51. The molecule has 0 spiro atoms. The maximum atomic E-state index is 4.50. The number of benzene rings is 2. The Hall–Kier alpha value is -3.28. The van der Waals surface area contributed by atoms with Crippen molar-refractivity contribution in [2.75, 3.05) is 60.3 Å². The van der Waals surface area contributed by atoms with Gasteiger partial charge in [-0.2, -0.15) is 0 Å². The summed E-state index contributed by atoms with van der Waals surface area (Å²) in [5.74, 6) is 1.78. The van der Waals surface area contributed by atoms with Crippen molar-refractivity contribution in [1.82, 2.24) is 9.97 Å². The van der Waals surface area contributed by atoms with Gasteiger partial charge in [0.15, 0.2) is 0 Å². The molecule has 1 N–H and O–H groups in total. The Morgan fingerprint density at radius 2 is 1.59 bits per heavy atom. The smallest absolute Gasteiger partial charge is 0.135 e. The Morgan fingerprint density at radius 1 is 0.862 bits per heavy atom. The molecular formula is C23H28N6. The number of aromatic nitrogens is 2. The summed E-state index contributed by atoms with van der Waals surface area (Å²) in [7, 11) is 4.08. The first-order valence-electron chi connectivity index (χ1n) is 10.0. The van der Waals surface area contributed by atoms with Crippen molar-refractivity contribution in [2.24, 2.45) is 0 Å². The van der Waals surface area contributed by atoms with Crippen molar-refractivity contribution in [3.8, 4) is 0 Å². The van der Waals surface area contributed by atoms with Crippen LogP contribution in [0.3, 0.4) is 0 Å². The van der Waals surface area contributed by atoms with Crippen molar-refractivity contribution in [2.45, 2.75) is 6.92 Å². The van der Waals surface area contributed by atoms with Gasteiger partial charge in [0.1, 0.15) is 18.0 Å². The van der Waals surface area contributed by atoms with Gasteiger partial charge < -0.3 is 20.0 Å². The molecule has 0 atom stereocenters. The number of rotatable bonds is 5. The highest BCUT2D eigenvalue weighted by Gasteiger charge is 2.19. The SMILES string of the molecule is Cc1cccc(N2CCN(c3cc(Nc4ccc(N(C)C)cc4)ncn3)CC2)c1. The van der Waals surface area contributed by atoms with Crippen molar-refractivity contribution in [3.05, 3.63) is 66.5 Å². The minimum atomic E-state index is 0.814. The zero-order valence-corrected chi connectivity index (χ0v) is 17.3. The highest BCUT2D eigenvalue weighted by molar-refractivity contribution is 5.62. The predicted octanol–water partition coefficient (Wildman–Crippen LogP) is 3.92. The second kappa shape index (κ2) is 8.39. The number of hydrogen-bond donors (Lipinski definition) is 1. The van der Waals surface area contributed by atoms with E-state index in [-0.39, 0.29) is 0 Å². The quantitative estimate of drug-likeness (QED) is 0.715. The van der Waals surface area contributed by atoms with E-state index in [2.05, 4.69) is 85.4 Å². The van der Waals surface area contributed by atoms with Gasteiger partial charge in [-0.15, -0.1) is 0 Å². The minimum Gasteiger partial charge on any atom is -0.378 e. The Morgan fingerprint density at radius 3 is 2.28 bits per heavy atom. The summed E-state index contributed by atoms with van der Waals surface area (Å²) in [6, 6.07) is 19.1. The van der Waals surface area contributed by atoms with Gasteiger partial charge in [-0.3, -0.25) is 0 Å². The number of anilines is 5. The summed E-state index contributed by atoms with van der Waals surface area (Å²) in [5, 5.41) is 3.38. The first-order valence-corrected chi connectivity index (χ1v) is 10.0. The first kappa shape index (κ1) is 19.1. The topological polar surface area (TPSA) is 47.5 Å². The summed E-state index contributed by atoms with van der Waals surface area (Å²) in [6.45, 7) is 6.01. The van der Waals surface area contributed by atoms with Crippen molar-refractivity contribution in [1.29, 1.82) is 0 Å². The van der Waals surface area contributed by atoms with E-state index < -0.39 is 0 Å². The van der Waals surface area contributed by atoms with Crippen LogP contribution in [0.1, 0.15) is 5.56 Å². The van der Waals surface area contributed by atoms with E-state index in [0.717, 1.165) is 43.5 Å². The van der Waals surface area contributed by atoms with Crippen LogP contribution < -0.4 is 20.0 Å². The molecule has 0 amide bonds. The van der Waals surface area contributed by atoms with Crippen LogP contribution in [0.25, 0.3) is 0 Å². The molecule has 1 aliphatic heterocycles. The van der Waals surface area contributed by atoms with E-state index >= 15 is 0 Å².